The van der Waals surface area contributed by atoms with E-state index in [1.54, 1.807) is 12.1 Å². The molecular formula is C29H27Cl2F2N3O2. The highest BCUT2D eigenvalue weighted by atomic mass is 35.5. The molecule has 0 bridgehead atoms. The SMILES string of the molecule is CC(C)(C)C[C@@H]1N[C@@H](C(=O)Nc2ccccc2O)[C@H](c2cccc(Cl)c2F)[C@@]1(C#N)c1ccc(Cl)cc1F. The number of amides is 1. The first kappa shape index (κ1) is 27.8. The molecule has 38 heavy (non-hydrogen) atoms. The molecule has 1 aliphatic rings. The first-order chi connectivity index (χ1) is 17.9. The van der Waals surface area contributed by atoms with Crippen molar-refractivity contribution in [1.82, 2.24) is 5.32 Å². The normalized spacial score (nSPS) is 23.2. The van der Waals surface area contributed by atoms with Gasteiger partial charge in [-0.15, -0.1) is 0 Å². The van der Waals surface area contributed by atoms with Gasteiger partial charge in [-0.2, -0.15) is 5.26 Å². The molecule has 4 atom stereocenters. The number of rotatable bonds is 5. The van der Waals surface area contributed by atoms with E-state index in [1.165, 1.54) is 42.5 Å². The number of carbonyl (C=O) groups excluding carboxylic acids is 1. The van der Waals surface area contributed by atoms with E-state index in [2.05, 4.69) is 16.7 Å². The Morgan fingerprint density at radius 2 is 1.84 bits per heavy atom. The predicted molar refractivity (Wildman–Crippen MR) is 144 cm³/mol. The van der Waals surface area contributed by atoms with Gasteiger partial charge in [0.05, 0.1) is 22.8 Å². The van der Waals surface area contributed by atoms with E-state index in [0.29, 0.717) is 6.42 Å². The van der Waals surface area contributed by atoms with Gasteiger partial charge in [0.1, 0.15) is 22.8 Å². The van der Waals surface area contributed by atoms with E-state index in [4.69, 9.17) is 23.2 Å². The van der Waals surface area contributed by atoms with Crippen LogP contribution in [0.15, 0.2) is 60.7 Å². The van der Waals surface area contributed by atoms with Crippen LogP contribution in [0, 0.1) is 28.4 Å². The smallest absolute Gasteiger partial charge is 0.242 e. The third-order valence-corrected chi connectivity index (χ3v) is 7.42. The zero-order valence-corrected chi connectivity index (χ0v) is 22.5. The summed E-state index contributed by atoms with van der Waals surface area (Å²) in [6, 6.07) is 14.8. The second-order valence-corrected chi connectivity index (χ2v) is 11.5. The number of halogens is 4. The molecule has 198 valence electrons. The standard InChI is InChI=1S/C29H27Cl2F2N3O2/c1-28(2,3)14-23-29(15-34,18-12-11-16(30)13-20(18)32)24(17-7-6-8-19(31)25(17)33)26(36-23)27(38)35-21-9-4-5-10-22(21)37/h4-13,23-24,26,36-37H,14H2,1-3H3,(H,35,38)/t23-,24-,26+,29-/m0/s1. The van der Waals surface area contributed by atoms with Gasteiger partial charge in [0, 0.05) is 22.5 Å². The Hall–Kier alpha value is -3.18. The number of nitriles is 1. The molecule has 4 rings (SSSR count). The number of benzene rings is 3. The maximum atomic E-state index is 15.7. The predicted octanol–water partition coefficient (Wildman–Crippen LogP) is 6.94. The largest absolute Gasteiger partial charge is 0.506 e. The minimum absolute atomic E-state index is 0.00487. The highest BCUT2D eigenvalue weighted by molar-refractivity contribution is 6.31. The topological polar surface area (TPSA) is 85.2 Å². The van der Waals surface area contributed by atoms with Gasteiger partial charge in [0.2, 0.25) is 5.91 Å². The number of nitrogens with zero attached hydrogens (tertiary/aromatic N) is 1. The van der Waals surface area contributed by atoms with Gasteiger partial charge in [-0.05, 0) is 47.7 Å². The Labute approximate surface area is 230 Å². The summed E-state index contributed by atoms with van der Waals surface area (Å²) in [6.45, 7) is 5.87. The summed E-state index contributed by atoms with van der Waals surface area (Å²) < 4.78 is 31.3. The fourth-order valence-corrected chi connectivity index (χ4v) is 5.69. The molecule has 3 aromatic carbocycles. The van der Waals surface area contributed by atoms with Crippen LogP contribution in [0.5, 0.6) is 5.75 Å². The molecule has 1 fully saturated rings. The quantitative estimate of drug-likeness (QED) is 0.296. The molecule has 5 nitrogen and oxygen atoms in total. The van der Waals surface area contributed by atoms with Gasteiger partial charge < -0.3 is 15.7 Å². The van der Waals surface area contributed by atoms with Crippen LogP contribution in [0.25, 0.3) is 0 Å². The Bertz CT molecular complexity index is 1420. The van der Waals surface area contributed by atoms with E-state index in [9.17, 15) is 15.2 Å². The van der Waals surface area contributed by atoms with Crippen molar-refractivity contribution in [3.05, 3.63) is 93.5 Å². The molecule has 3 aromatic rings. The van der Waals surface area contributed by atoms with Crippen molar-refractivity contribution < 1.29 is 18.7 Å². The van der Waals surface area contributed by atoms with Crippen molar-refractivity contribution >= 4 is 34.8 Å². The van der Waals surface area contributed by atoms with Gasteiger partial charge in [0.25, 0.3) is 0 Å². The van der Waals surface area contributed by atoms with Crippen molar-refractivity contribution in [3.63, 3.8) is 0 Å². The van der Waals surface area contributed by atoms with Crippen LogP contribution in [0.3, 0.4) is 0 Å². The number of anilines is 1. The summed E-state index contributed by atoms with van der Waals surface area (Å²) in [5.74, 6) is -3.52. The van der Waals surface area contributed by atoms with Crippen LogP contribution in [0.2, 0.25) is 10.0 Å². The average molecular weight is 558 g/mol. The number of phenols is 1. The summed E-state index contributed by atoms with van der Waals surface area (Å²) >= 11 is 12.2. The molecule has 1 aliphatic heterocycles. The van der Waals surface area contributed by atoms with E-state index in [0.717, 1.165) is 6.07 Å². The lowest BCUT2D eigenvalue weighted by Gasteiger charge is -2.37. The van der Waals surface area contributed by atoms with E-state index in [-0.39, 0.29) is 38.0 Å². The fourth-order valence-electron chi connectivity index (χ4n) is 5.35. The molecule has 3 N–H and O–H groups in total. The lowest BCUT2D eigenvalue weighted by molar-refractivity contribution is -0.118. The van der Waals surface area contributed by atoms with E-state index < -0.39 is 41.0 Å². The van der Waals surface area contributed by atoms with Gasteiger partial charge >= 0.3 is 0 Å². The number of phenolic OH excluding ortho intramolecular Hbond substituents is 1. The van der Waals surface area contributed by atoms with Crippen molar-refractivity contribution in [1.29, 1.82) is 5.26 Å². The van der Waals surface area contributed by atoms with E-state index in [1.807, 2.05) is 20.8 Å². The van der Waals surface area contributed by atoms with Crippen molar-refractivity contribution in [2.24, 2.45) is 5.41 Å². The van der Waals surface area contributed by atoms with Gasteiger partial charge in [-0.3, -0.25) is 4.79 Å². The Balaban J connectivity index is 1.98. The highest BCUT2D eigenvalue weighted by Crippen LogP contribution is 2.53. The van der Waals surface area contributed by atoms with Gasteiger partial charge in [-0.25, -0.2) is 8.78 Å². The minimum atomic E-state index is -1.73. The highest BCUT2D eigenvalue weighted by Gasteiger charge is 2.61. The molecule has 1 heterocycles. The molecule has 0 aromatic heterocycles. The number of aromatic hydroxyl groups is 1. The molecule has 9 heteroatoms. The first-order valence-corrected chi connectivity index (χ1v) is 12.8. The maximum Gasteiger partial charge on any atom is 0.242 e. The summed E-state index contributed by atoms with van der Waals surface area (Å²) in [5, 5.41) is 26.9. The molecule has 0 spiro atoms. The molecule has 0 radical (unpaired) electrons. The molecular weight excluding hydrogens is 531 g/mol. The number of carbonyl (C=O) groups is 1. The molecule has 0 saturated carbocycles. The monoisotopic (exact) mass is 557 g/mol. The third-order valence-electron chi connectivity index (χ3n) is 6.89. The zero-order chi connectivity index (χ0) is 27.8. The van der Waals surface area contributed by atoms with Crippen molar-refractivity contribution in [2.75, 3.05) is 5.32 Å². The lowest BCUT2D eigenvalue weighted by atomic mass is 9.62. The van der Waals surface area contributed by atoms with Gasteiger partial charge in [0.15, 0.2) is 0 Å². The molecule has 1 saturated heterocycles. The summed E-state index contributed by atoms with van der Waals surface area (Å²) in [4.78, 5) is 13.8. The number of hydrogen-bond donors (Lipinski definition) is 3. The number of para-hydroxylation sites is 2. The Morgan fingerprint density at radius 1 is 1.13 bits per heavy atom. The van der Waals surface area contributed by atoms with Crippen LogP contribution in [0.1, 0.15) is 44.2 Å². The fraction of sp³-hybridized carbons (Fsp3) is 0.310. The van der Waals surface area contributed by atoms with E-state index >= 15 is 8.78 Å². The molecule has 0 unspecified atom stereocenters. The first-order valence-electron chi connectivity index (χ1n) is 12.0. The van der Waals surface area contributed by atoms with Crippen LogP contribution in [-0.4, -0.2) is 23.1 Å². The second kappa shape index (κ2) is 10.5. The average Bonchev–Trinajstić information content (AvgIpc) is 3.15. The van der Waals surface area contributed by atoms with Crippen LogP contribution in [-0.2, 0) is 10.2 Å². The minimum Gasteiger partial charge on any atom is -0.506 e. The lowest BCUT2D eigenvalue weighted by Crippen LogP contribution is -2.45. The number of nitrogens with one attached hydrogen (secondary N) is 2. The Kier molecular flexibility index (Phi) is 7.72. The van der Waals surface area contributed by atoms with Crippen LogP contribution < -0.4 is 10.6 Å². The summed E-state index contributed by atoms with van der Waals surface area (Å²) in [5.41, 5.74) is -1.95. The van der Waals surface area contributed by atoms with Crippen molar-refractivity contribution in [2.45, 2.75) is 50.6 Å². The second-order valence-electron chi connectivity index (χ2n) is 10.7. The van der Waals surface area contributed by atoms with Gasteiger partial charge in [-0.1, -0.05) is 74.3 Å². The van der Waals surface area contributed by atoms with Crippen LogP contribution >= 0.6 is 23.2 Å². The van der Waals surface area contributed by atoms with Crippen LogP contribution in [0.4, 0.5) is 14.5 Å². The summed E-state index contributed by atoms with van der Waals surface area (Å²) in [6.07, 6.45) is 0.349. The zero-order valence-electron chi connectivity index (χ0n) is 21.0. The Morgan fingerprint density at radius 3 is 2.47 bits per heavy atom. The summed E-state index contributed by atoms with van der Waals surface area (Å²) in [7, 11) is 0. The number of hydrogen-bond acceptors (Lipinski definition) is 4. The molecule has 0 aliphatic carbocycles. The van der Waals surface area contributed by atoms with Crippen molar-refractivity contribution in [3.8, 4) is 11.8 Å². The maximum absolute atomic E-state index is 15.7. The molecule has 1 amide bonds. The third kappa shape index (κ3) is 5.09.